The van der Waals surface area contributed by atoms with Crippen LogP contribution in [0.5, 0.6) is 11.5 Å². The van der Waals surface area contributed by atoms with Crippen LogP contribution >= 0.6 is 11.6 Å². The minimum absolute atomic E-state index is 0.0281. The maximum absolute atomic E-state index is 13.8. The van der Waals surface area contributed by atoms with E-state index in [9.17, 15) is 4.79 Å². The Kier molecular flexibility index (Phi) is 8.45. The summed E-state index contributed by atoms with van der Waals surface area (Å²) in [6, 6.07) is 16.8. The van der Waals surface area contributed by atoms with E-state index in [1.54, 1.807) is 24.4 Å². The van der Waals surface area contributed by atoms with Gasteiger partial charge in [-0.15, -0.1) is 0 Å². The molecule has 4 aromatic rings. The monoisotopic (exact) mass is 545 g/mol. The maximum Gasteiger partial charge on any atom is 0.282 e. The summed E-state index contributed by atoms with van der Waals surface area (Å²) in [6.07, 6.45) is 1.61. The van der Waals surface area contributed by atoms with Crippen LogP contribution in [0.3, 0.4) is 0 Å². The van der Waals surface area contributed by atoms with Crippen LogP contribution < -0.4 is 15.0 Å². The molecule has 0 fully saturated rings. The lowest BCUT2D eigenvalue weighted by Gasteiger charge is -2.20. The SMILES string of the molecule is CCOc1cc(C)c(-c2nc3ccccc3c(=O)n2N=Cc2cc(Cl)ccc2OCC(C)(C)C)cc1C(C)C. The van der Waals surface area contributed by atoms with Gasteiger partial charge in [0.2, 0.25) is 0 Å². The second kappa shape index (κ2) is 11.6. The molecule has 0 aliphatic rings. The minimum atomic E-state index is -0.259. The molecule has 7 heteroatoms. The first-order chi connectivity index (χ1) is 18.5. The number of hydrogen-bond acceptors (Lipinski definition) is 5. The summed E-state index contributed by atoms with van der Waals surface area (Å²) in [6.45, 7) is 15.6. The van der Waals surface area contributed by atoms with Crippen LogP contribution in [-0.2, 0) is 0 Å². The van der Waals surface area contributed by atoms with Crippen LogP contribution in [0, 0.1) is 12.3 Å². The van der Waals surface area contributed by atoms with E-state index >= 15 is 0 Å². The van der Waals surface area contributed by atoms with Gasteiger partial charge in [0.25, 0.3) is 5.56 Å². The van der Waals surface area contributed by atoms with Crippen molar-refractivity contribution >= 4 is 28.7 Å². The van der Waals surface area contributed by atoms with Crippen molar-refractivity contribution in [1.82, 2.24) is 9.66 Å². The zero-order valence-corrected chi connectivity index (χ0v) is 24.5. The Labute approximate surface area is 235 Å². The molecule has 0 aliphatic carbocycles. The Balaban J connectivity index is 1.92. The van der Waals surface area contributed by atoms with E-state index in [1.165, 1.54) is 4.68 Å². The molecule has 0 amide bonds. The molecule has 0 saturated carbocycles. The highest BCUT2D eigenvalue weighted by Crippen LogP contribution is 2.34. The van der Waals surface area contributed by atoms with Crippen molar-refractivity contribution in [1.29, 1.82) is 0 Å². The van der Waals surface area contributed by atoms with Crippen molar-refractivity contribution in [2.45, 2.75) is 54.4 Å². The van der Waals surface area contributed by atoms with Crippen LogP contribution in [0.2, 0.25) is 5.02 Å². The van der Waals surface area contributed by atoms with Gasteiger partial charge >= 0.3 is 0 Å². The quantitative estimate of drug-likeness (QED) is 0.211. The molecular formula is C32H36ClN3O3. The number of para-hydroxylation sites is 1. The summed E-state index contributed by atoms with van der Waals surface area (Å²) in [5.41, 5.74) is 3.79. The summed E-state index contributed by atoms with van der Waals surface area (Å²) < 4.78 is 13.4. The molecule has 0 N–H and O–H groups in total. The molecule has 0 saturated heterocycles. The minimum Gasteiger partial charge on any atom is -0.494 e. The molecule has 0 unspecified atom stereocenters. The number of rotatable bonds is 8. The number of aromatic nitrogens is 2. The fourth-order valence-electron chi connectivity index (χ4n) is 4.24. The van der Waals surface area contributed by atoms with Crippen LogP contribution in [0.4, 0.5) is 0 Å². The molecule has 0 spiro atoms. The third-order valence-corrected chi connectivity index (χ3v) is 6.45. The van der Waals surface area contributed by atoms with Gasteiger partial charge in [-0.25, -0.2) is 4.98 Å². The van der Waals surface area contributed by atoms with Gasteiger partial charge < -0.3 is 9.47 Å². The molecule has 204 valence electrons. The van der Waals surface area contributed by atoms with Crippen LogP contribution in [0.15, 0.2) is 64.5 Å². The summed E-state index contributed by atoms with van der Waals surface area (Å²) in [5.74, 6) is 2.15. The number of hydrogen-bond donors (Lipinski definition) is 0. The molecule has 0 atom stereocenters. The number of benzene rings is 3. The zero-order valence-electron chi connectivity index (χ0n) is 23.7. The first-order valence-electron chi connectivity index (χ1n) is 13.2. The highest BCUT2D eigenvalue weighted by molar-refractivity contribution is 6.30. The molecule has 0 bridgehead atoms. The van der Waals surface area contributed by atoms with Gasteiger partial charge in [0.15, 0.2) is 5.82 Å². The van der Waals surface area contributed by atoms with E-state index in [0.29, 0.717) is 46.3 Å². The van der Waals surface area contributed by atoms with Gasteiger partial charge in [0.05, 0.1) is 30.3 Å². The maximum atomic E-state index is 13.8. The topological polar surface area (TPSA) is 65.7 Å². The number of aryl methyl sites for hydroxylation is 1. The molecule has 1 heterocycles. The average molecular weight is 546 g/mol. The summed E-state index contributed by atoms with van der Waals surface area (Å²) in [4.78, 5) is 18.7. The number of ether oxygens (including phenoxy) is 2. The lowest BCUT2D eigenvalue weighted by Crippen LogP contribution is -2.21. The first kappa shape index (κ1) is 28.4. The second-order valence-corrected chi connectivity index (χ2v) is 11.6. The third kappa shape index (κ3) is 6.51. The Morgan fingerprint density at radius 1 is 1.05 bits per heavy atom. The summed E-state index contributed by atoms with van der Waals surface area (Å²) >= 11 is 6.32. The fraction of sp³-hybridized carbons (Fsp3) is 0.344. The van der Waals surface area contributed by atoms with Crippen LogP contribution in [-0.4, -0.2) is 29.1 Å². The van der Waals surface area contributed by atoms with Crippen LogP contribution in [0.25, 0.3) is 22.3 Å². The molecule has 0 aliphatic heterocycles. The van der Waals surface area contributed by atoms with Crippen molar-refractivity contribution in [3.05, 3.63) is 86.7 Å². The lowest BCUT2D eigenvalue weighted by molar-refractivity contribution is 0.197. The van der Waals surface area contributed by atoms with Crippen LogP contribution in [0.1, 0.15) is 64.2 Å². The molecule has 6 nitrogen and oxygen atoms in total. The lowest BCUT2D eigenvalue weighted by atomic mass is 9.96. The molecule has 0 radical (unpaired) electrons. The molecule has 39 heavy (non-hydrogen) atoms. The van der Waals surface area contributed by atoms with Gasteiger partial charge in [-0.2, -0.15) is 9.78 Å². The Morgan fingerprint density at radius 3 is 2.49 bits per heavy atom. The van der Waals surface area contributed by atoms with Gasteiger partial charge in [-0.05, 0) is 78.8 Å². The van der Waals surface area contributed by atoms with E-state index in [1.807, 2.05) is 44.2 Å². The molecule has 3 aromatic carbocycles. The second-order valence-electron chi connectivity index (χ2n) is 11.1. The predicted octanol–water partition coefficient (Wildman–Crippen LogP) is 7.85. The zero-order chi connectivity index (χ0) is 28.3. The molecular weight excluding hydrogens is 510 g/mol. The standard InChI is InChI=1S/C32H36ClN3O3/c1-8-38-29-15-21(4)26(17-25(29)20(2)3)30-35-27-12-10-9-11-24(27)31(37)36(30)34-18-22-16-23(33)13-14-28(22)39-19-32(5,6)7/h9-18,20H,8,19H2,1-7H3. The van der Waals surface area contributed by atoms with Gasteiger partial charge in [0.1, 0.15) is 11.5 Å². The molecule has 1 aromatic heterocycles. The van der Waals surface area contributed by atoms with E-state index in [4.69, 9.17) is 26.1 Å². The third-order valence-electron chi connectivity index (χ3n) is 6.22. The van der Waals surface area contributed by atoms with E-state index < -0.39 is 0 Å². The first-order valence-corrected chi connectivity index (χ1v) is 13.6. The smallest absolute Gasteiger partial charge is 0.282 e. The van der Waals surface area contributed by atoms with Crippen molar-refractivity contribution in [2.75, 3.05) is 13.2 Å². The summed E-state index contributed by atoms with van der Waals surface area (Å²) in [5, 5.41) is 5.71. The highest BCUT2D eigenvalue weighted by atomic mass is 35.5. The van der Waals surface area contributed by atoms with Crippen molar-refractivity contribution < 1.29 is 9.47 Å². The van der Waals surface area contributed by atoms with Crippen molar-refractivity contribution in [3.8, 4) is 22.9 Å². The largest absolute Gasteiger partial charge is 0.494 e. The van der Waals surface area contributed by atoms with Gasteiger partial charge in [-0.3, -0.25) is 4.79 Å². The normalized spacial score (nSPS) is 12.0. The van der Waals surface area contributed by atoms with Crippen molar-refractivity contribution in [2.24, 2.45) is 10.5 Å². The van der Waals surface area contributed by atoms with E-state index in [0.717, 1.165) is 22.4 Å². The average Bonchev–Trinajstić information content (AvgIpc) is 2.87. The van der Waals surface area contributed by atoms with E-state index in [-0.39, 0.29) is 16.9 Å². The number of halogens is 1. The molecule has 4 rings (SSSR count). The van der Waals surface area contributed by atoms with E-state index in [2.05, 4.69) is 45.8 Å². The van der Waals surface area contributed by atoms with Gasteiger partial charge in [-0.1, -0.05) is 58.4 Å². The fourth-order valence-corrected chi connectivity index (χ4v) is 4.42. The predicted molar refractivity (Wildman–Crippen MR) is 161 cm³/mol. The number of nitrogens with zero attached hydrogens (tertiary/aromatic N) is 3. The van der Waals surface area contributed by atoms with Crippen molar-refractivity contribution in [3.63, 3.8) is 0 Å². The summed E-state index contributed by atoms with van der Waals surface area (Å²) in [7, 11) is 0. The van der Waals surface area contributed by atoms with Gasteiger partial charge in [0, 0.05) is 16.1 Å². The Bertz CT molecular complexity index is 1580. The number of fused-ring (bicyclic) bond motifs is 1. The highest BCUT2D eigenvalue weighted by Gasteiger charge is 2.19. The Hall–Kier alpha value is -3.64. The Morgan fingerprint density at radius 2 is 1.79 bits per heavy atom.